The number of rotatable bonds is 3. The van der Waals surface area contributed by atoms with Crippen molar-refractivity contribution < 1.29 is 14.6 Å². The summed E-state index contributed by atoms with van der Waals surface area (Å²) in [5, 5.41) is 10.1. The first kappa shape index (κ1) is 15.1. The molecule has 5 heteroatoms. The molecule has 0 saturated carbocycles. The fourth-order valence-corrected chi connectivity index (χ4v) is 2.56. The van der Waals surface area contributed by atoms with E-state index in [4.69, 9.17) is 16.3 Å². The van der Waals surface area contributed by atoms with E-state index >= 15 is 0 Å². The van der Waals surface area contributed by atoms with Crippen molar-refractivity contribution >= 4 is 17.5 Å². The van der Waals surface area contributed by atoms with Gasteiger partial charge < -0.3 is 14.7 Å². The molecule has 1 amide bonds. The summed E-state index contributed by atoms with van der Waals surface area (Å²) < 4.78 is 5.73. The predicted octanol–water partition coefficient (Wildman–Crippen LogP) is 2.40. The van der Waals surface area contributed by atoms with Gasteiger partial charge in [0.25, 0.3) is 5.91 Å². The molecule has 1 heterocycles. The van der Waals surface area contributed by atoms with E-state index in [0.29, 0.717) is 36.7 Å². The predicted molar refractivity (Wildman–Crippen MR) is 78.1 cm³/mol. The van der Waals surface area contributed by atoms with Crippen LogP contribution in [-0.2, 0) is 4.79 Å². The maximum atomic E-state index is 12.3. The highest BCUT2D eigenvalue weighted by Crippen LogP contribution is 2.23. The van der Waals surface area contributed by atoms with E-state index in [2.05, 4.69) is 0 Å². The Morgan fingerprint density at radius 2 is 2.10 bits per heavy atom. The van der Waals surface area contributed by atoms with Crippen molar-refractivity contribution in [1.29, 1.82) is 0 Å². The van der Waals surface area contributed by atoms with E-state index in [9.17, 15) is 9.90 Å². The minimum atomic E-state index is -0.537. The summed E-state index contributed by atoms with van der Waals surface area (Å²) in [5.41, 5.74) is 0.909. The smallest absolute Gasteiger partial charge is 0.263 e. The van der Waals surface area contributed by atoms with Crippen LogP contribution in [0.2, 0.25) is 5.02 Å². The van der Waals surface area contributed by atoms with Crippen LogP contribution in [-0.4, -0.2) is 41.2 Å². The largest absolute Gasteiger partial charge is 0.481 e. The molecule has 4 nitrogen and oxygen atoms in total. The first-order valence-corrected chi connectivity index (χ1v) is 7.25. The number of aliphatic hydroxyl groups is 1. The minimum Gasteiger partial charge on any atom is -0.481 e. The number of carbonyl (C=O) groups excluding carboxylic acids is 1. The van der Waals surface area contributed by atoms with Crippen LogP contribution in [0.4, 0.5) is 0 Å². The third kappa shape index (κ3) is 3.64. The van der Waals surface area contributed by atoms with E-state index in [1.54, 1.807) is 24.0 Å². The second kappa shape index (κ2) is 6.46. The lowest BCUT2D eigenvalue weighted by Crippen LogP contribution is -2.45. The van der Waals surface area contributed by atoms with E-state index in [0.717, 1.165) is 5.56 Å². The fourth-order valence-electron chi connectivity index (χ4n) is 2.33. The molecule has 0 bridgehead atoms. The maximum absolute atomic E-state index is 12.3. The van der Waals surface area contributed by atoms with Crippen LogP contribution < -0.4 is 4.74 Å². The van der Waals surface area contributed by atoms with Gasteiger partial charge in [0.15, 0.2) is 6.10 Å². The molecule has 1 aromatic rings. The van der Waals surface area contributed by atoms with Crippen molar-refractivity contribution in [2.24, 2.45) is 0 Å². The number of piperidine rings is 1. The van der Waals surface area contributed by atoms with Crippen LogP contribution in [0, 0.1) is 6.92 Å². The number of nitrogens with zero attached hydrogens (tertiary/aromatic N) is 1. The molecule has 1 atom stereocenters. The highest BCUT2D eigenvalue weighted by atomic mass is 35.5. The van der Waals surface area contributed by atoms with Crippen molar-refractivity contribution in [3.05, 3.63) is 28.8 Å². The molecule has 0 spiro atoms. The molecule has 1 unspecified atom stereocenters. The number of hydrogen-bond acceptors (Lipinski definition) is 3. The minimum absolute atomic E-state index is 0.0359. The number of likely N-dealkylation sites (tertiary alicyclic amines) is 1. The lowest BCUT2D eigenvalue weighted by Gasteiger charge is -2.31. The number of halogens is 1. The SMILES string of the molecule is Cc1cc(Cl)ccc1OC(C)C(=O)N1CCC(O)CC1. The zero-order valence-corrected chi connectivity index (χ0v) is 12.6. The van der Waals surface area contributed by atoms with Gasteiger partial charge in [-0.15, -0.1) is 0 Å². The Morgan fingerprint density at radius 1 is 1.45 bits per heavy atom. The summed E-state index contributed by atoms with van der Waals surface area (Å²) in [5.74, 6) is 0.638. The summed E-state index contributed by atoms with van der Waals surface area (Å²) in [6.07, 6.45) is 0.454. The monoisotopic (exact) mass is 297 g/mol. The third-order valence-electron chi connectivity index (χ3n) is 3.56. The van der Waals surface area contributed by atoms with Gasteiger partial charge in [-0.25, -0.2) is 0 Å². The highest BCUT2D eigenvalue weighted by Gasteiger charge is 2.26. The molecule has 1 fully saturated rings. The first-order valence-electron chi connectivity index (χ1n) is 6.87. The zero-order chi connectivity index (χ0) is 14.7. The number of ether oxygens (including phenoxy) is 1. The van der Waals surface area contributed by atoms with Gasteiger partial charge in [0.05, 0.1) is 6.10 Å². The van der Waals surface area contributed by atoms with Gasteiger partial charge >= 0.3 is 0 Å². The molecule has 1 N–H and O–H groups in total. The van der Waals surface area contributed by atoms with Crippen LogP contribution in [0.1, 0.15) is 25.3 Å². The molecule has 1 aliphatic heterocycles. The van der Waals surface area contributed by atoms with E-state index < -0.39 is 6.10 Å². The quantitative estimate of drug-likeness (QED) is 0.932. The zero-order valence-electron chi connectivity index (χ0n) is 11.8. The molecule has 20 heavy (non-hydrogen) atoms. The maximum Gasteiger partial charge on any atom is 0.263 e. The summed E-state index contributed by atoms with van der Waals surface area (Å²) in [6.45, 7) is 4.83. The Kier molecular flexibility index (Phi) is 4.89. The topological polar surface area (TPSA) is 49.8 Å². The molecule has 0 aromatic heterocycles. The van der Waals surface area contributed by atoms with Crippen molar-refractivity contribution in [1.82, 2.24) is 4.90 Å². The van der Waals surface area contributed by atoms with E-state index in [-0.39, 0.29) is 12.0 Å². The molecular formula is C15H20ClNO3. The van der Waals surface area contributed by atoms with Crippen LogP contribution in [0.5, 0.6) is 5.75 Å². The molecule has 110 valence electrons. The second-order valence-electron chi connectivity index (χ2n) is 5.23. The van der Waals surface area contributed by atoms with Crippen LogP contribution in [0.25, 0.3) is 0 Å². The lowest BCUT2D eigenvalue weighted by molar-refractivity contribution is -0.139. The molecule has 2 rings (SSSR count). The van der Waals surface area contributed by atoms with E-state index in [1.165, 1.54) is 0 Å². The van der Waals surface area contributed by atoms with E-state index in [1.807, 2.05) is 13.0 Å². The van der Waals surface area contributed by atoms with Crippen LogP contribution in [0.15, 0.2) is 18.2 Å². The summed E-state index contributed by atoms with van der Waals surface area (Å²) in [4.78, 5) is 14.0. The average Bonchev–Trinajstić information content (AvgIpc) is 2.42. The van der Waals surface area contributed by atoms with Gasteiger partial charge in [0.1, 0.15) is 5.75 Å². The second-order valence-corrected chi connectivity index (χ2v) is 5.66. The molecule has 0 aliphatic carbocycles. The number of benzene rings is 1. The Hall–Kier alpha value is -1.26. The van der Waals surface area contributed by atoms with Gasteiger partial charge in [-0.05, 0) is 50.5 Å². The molecule has 1 aromatic carbocycles. The van der Waals surface area contributed by atoms with Gasteiger partial charge in [0, 0.05) is 18.1 Å². The number of aliphatic hydroxyl groups excluding tert-OH is 1. The van der Waals surface area contributed by atoms with Crippen molar-refractivity contribution in [3.8, 4) is 5.75 Å². The average molecular weight is 298 g/mol. The number of amides is 1. The summed E-state index contributed by atoms with van der Waals surface area (Å²) >= 11 is 5.90. The standard InChI is InChI=1S/C15H20ClNO3/c1-10-9-12(16)3-4-14(10)20-11(2)15(19)17-7-5-13(18)6-8-17/h3-4,9,11,13,18H,5-8H2,1-2H3. The van der Waals surface area contributed by atoms with Crippen molar-refractivity contribution in [2.45, 2.75) is 38.9 Å². The Balaban J connectivity index is 1.97. The van der Waals surface area contributed by atoms with Gasteiger partial charge in [-0.1, -0.05) is 11.6 Å². The Morgan fingerprint density at radius 3 is 2.70 bits per heavy atom. The van der Waals surface area contributed by atoms with Gasteiger partial charge in [0.2, 0.25) is 0 Å². The number of aryl methyl sites for hydroxylation is 1. The summed E-state index contributed by atoms with van der Waals surface area (Å²) in [6, 6.07) is 5.34. The molecule has 1 aliphatic rings. The van der Waals surface area contributed by atoms with Crippen LogP contribution in [0.3, 0.4) is 0 Å². The molecular weight excluding hydrogens is 278 g/mol. The summed E-state index contributed by atoms with van der Waals surface area (Å²) in [7, 11) is 0. The van der Waals surface area contributed by atoms with Crippen molar-refractivity contribution in [2.75, 3.05) is 13.1 Å². The Bertz CT molecular complexity index is 484. The lowest BCUT2D eigenvalue weighted by atomic mass is 10.1. The Labute approximate surface area is 124 Å². The number of hydrogen-bond donors (Lipinski definition) is 1. The van der Waals surface area contributed by atoms with Crippen LogP contribution >= 0.6 is 11.6 Å². The fraction of sp³-hybridized carbons (Fsp3) is 0.533. The first-order chi connectivity index (χ1) is 9.47. The van der Waals surface area contributed by atoms with Gasteiger partial charge in [-0.2, -0.15) is 0 Å². The normalized spacial score (nSPS) is 17.9. The highest BCUT2D eigenvalue weighted by molar-refractivity contribution is 6.30. The van der Waals surface area contributed by atoms with Gasteiger partial charge in [-0.3, -0.25) is 4.79 Å². The third-order valence-corrected chi connectivity index (χ3v) is 3.80. The molecule has 0 radical (unpaired) electrons. The van der Waals surface area contributed by atoms with Crippen molar-refractivity contribution in [3.63, 3.8) is 0 Å². The molecule has 1 saturated heterocycles. The number of carbonyl (C=O) groups is 1.